The average molecular weight is 812 g/mol. The molecular formula is C40H58N7O9P. The Morgan fingerprint density at radius 1 is 0.947 bits per heavy atom. The number of nitrogen functional groups attached to an aromatic ring is 1. The third-order valence-corrected chi connectivity index (χ3v) is 11.8. The maximum absolute atomic E-state index is 13.2. The number of pyridine rings is 1. The number of ether oxygens (including phenoxy) is 3. The van der Waals surface area contributed by atoms with E-state index in [1.807, 2.05) is 12.1 Å². The van der Waals surface area contributed by atoms with Gasteiger partial charge in [-0.15, -0.1) is 0 Å². The molecule has 0 bridgehead atoms. The van der Waals surface area contributed by atoms with Crippen LogP contribution in [0.3, 0.4) is 0 Å². The Morgan fingerprint density at radius 3 is 2.18 bits per heavy atom. The number of phosphoric acid groups is 1. The summed E-state index contributed by atoms with van der Waals surface area (Å²) in [5, 5.41) is 45.8. The number of nitrogens with zero attached hydrogens (tertiary/aromatic N) is 6. The first kappa shape index (κ1) is 44.6. The number of nitrogens with two attached hydrogens (primary N) is 1. The summed E-state index contributed by atoms with van der Waals surface area (Å²) in [5.74, 6) is 0.170. The molecule has 0 aromatic carbocycles. The van der Waals surface area contributed by atoms with Crippen LogP contribution in [0.25, 0.3) is 5.52 Å². The fourth-order valence-electron chi connectivity index (χ4n) is 7.42. The molecule has 1 saturated carbocycles. The van der Waals surface area contributed by atoms with E-state index in [0.29, 0.717) is 23.4 Å². The summed E-state index contributed by atoms with van der Waals surface area (Å²) in [4.78, 5) is 18.8. The number of fused-ring (bicyclic) bond motifs is 2. The molecule has 2 fully saturated rings. The minimum Gasteiger partial charge on any atom is -0.387 e. The second-order valence-electron chi connectivity index (χ2n) is 15.1. The Morgan fingerprint density at radius 2 is 1.60 bits per heavy atom. The summed E-state index contributed by atoms with van der Waals surface area (Å²) in [6, 6.07) is 10.2. The summed E-state index contributed by atoms with van der Waals surface area (Å²) in [7, 11) is -4.96. The molecular weight excluding hydrogens is 753 g/mol. The number of phosphoric ester groups is 1. The first-order valence-corrected chi connectivity index (χ1v) is 21.9. The Kier molecular flexibility index (Phi) is 16.8. The second-order valence-corrected chi connectivity index (χ2v) is 16.5. The van der Waals surface area contributed by atoms with E-state index in [1.165, 1.54) is 101 Å². The molecule has 1 saturated heterocycles. The van der Waals surface area contributed by atoms with E-state index in [4.69, 9.17) is 34.3 Å². The van der Waals surface area contributed by atoms with Crippen molar-refractivity contribution in [3.63, 3.8) is 0 Å². The minimum atomic E-state index is -4.96. The van der Waals surface area contributed by atoms with Gasteiger partial charge in [0.2, 0.25) is 5.60 Å². The molecule has 1 aliphatic heterocycles. The van der Waals surface area contributed by atoms with E-state index in [0.717, 1.165) is 19.3 Å². The van der Waals surface area contributed by atoms with Gasteiger partial charge >= 0.3 is 7.82 Å². The quantitative estimate of drug-likeness (QED) is 0.0459. The smallest absolute Gasteiger partial charge is 0.387 e. The van der Waals surface area contributed by atoms with Gasteiger partial charge < -0.3 is 35.1 Å². The molecule has 57 heavy (non-hydrogen) atoms. The molecule has 0 spiro atoms. The Hall–Kier alpha value is -3.54. The number of hydrogen-bond donors (Lipinski definition) is 4. The highest BCUT2D eigenvalue weighted by Gasteiger charge is 2.90. The highest BCUT2D eigenvalue weighted by atomic mass is 31.2. The minimum absolute atomic E-state index is 0.00502. The zero-order chi connectivity index (χ0) is 40.7. The van der Waals surface area contributed by atoms with Gasteiger partial charge in [-0.2, -0.15) is 15.6 Å². The van der Waals surface area contributed by atoms with E-state index in [9.17, 15) is 24.9 Å². The van der Waals surface area contributed by atoms with Crippen molar-refractivity contribution in [2.75, 3.05) is 25.6 Å². The molecule has 4 heterocycles. The van der Waals surface area contributed by atoms with Crippen LogP contribution in [0.1, 0.15) is 133 Å². The maximum atomic E-state index is 13.2. The molecule has 0 radical (unpaired) electrons. The maximum Gasteiger partial charge on any atom is 0.472 e. The van der Waals surface area contributed by atoms with Crippen molar-refractivity contribution < 1.29 is 42.9 Å². The molecule has 3 aromatic rings. The second kappa shape index (κ2) is 21.5. The lowest BCUT2D eigenvalue weighted by atomic mass is 10.0. The lowest BCUT2D eigenvalue weighted by molar-refractivity contribution is -0.0796. The van der Waals surface area contributed by atoms with Gasteiger partial charge in [0.15, 0.2) is 17.5 Å². The van der Waals surface area contributed by atoms with Gasteiger partial charge in [0.1, 0.15) is 42.3 Å². The van der Waals surface area contributed by atoms with Crippen molar-refractivity contribution in [3.05, 3.63) is 53.7 Å². The first-order valence-electron chi connectivity index (χ1n) is 20.4. The number of hydrogen-bond acceptors (Lipinski definition) is 14. The summed E-state index contributed by atoms with van der Waals surface area (Å²) in [5.41, 5.74) is 2.99. The fraction of sp³-hybridized carbons (Fsp3) is 0.675. The molecule has 7 atom stereocenters. The van der Waals surface area contributed by atoms with E-state index in [-0.39, 0.29) is 24.7 Å². The third kappa shape index (κ3) is 11.4. The van der Waals surface area contributed by atoms with Crippen LogP contribution in [0.5, 0.6) is 0 Å². The van der Waals surface area contributed by atoms with Gasteiger partial charge in [-0.1, -0.05) is 103 Å². The van der Waals surface area contributed by atoms with Crippen LogP contribution < -0.4 is 5.73 Å². The number of aliphatic hydroxyl groups is 2. The van der Waals surface area contributed by atoms with Crippen molar-refractivity contribution in [1.82, 2.24) is 19.6 Å². The summed E-state index contributed by atoms with van der Waals surface area (Å²) in [6.07, 6.45) is 17.3. The lowest BCUT2D eigenvalue weighted by Crippen LogP contribution is -2.35. The van der Waals surface area contributed by atoms with Gasteiger partial charge in [0.25, 0.3) is 0 Å². The number of aromatic nitrogens is 4. The Bertz CT molecular complexity index is 1840. The predicted molar refractivity (Wildman–Crippen MR) is 209 cm³/mol. The molecule has 3 unspecified atom stereocenters. The number of unbranched alkanes of at least 4 members (excludes halogenated alkanes) is 15. The zero-order valence-corrected chi connectivity index (χ0v) is 33.8. The van der Waals surface area contributed by atoms with Crippen molar-refractivity contribution in [3.8, 4) is 12.1 Å². The molecule has 1 aliphatic carbocycles. The molecule has 5 rings (SSSR count). The van der Waals surface area contributed by atoms with Gasteiger partial charge in [-0.25, -0.2) is 14.1 Å². The van der Waals surface area contributed by atoms with Gasteiger partial charge in [0.05, 0.1) is 36.8 Å². The molecule has 17 heteroatoms. The van der Waals surface area contributed by atoms with Gasteiger partial charge in [-0.05, 0) is 30.7 Å². The highest BCUT2D eigenvalue weighted by Crippen LogP contribution is 2.68. The Labute approximate surface area is 334 Å². The molecule has 0 amide bonds. The van der Waals surface area contributed by atoms with Crippen molar-refractivity contribution in [1.29, 1.82) is 10.5 Å². The number of anilines is 1. The van der Waals surface area contributed by atoms with Crippen LogP contribution in [-0.2, 0) is 34.4 Å². The summed E-state index contributed by atoms with van der Waals surface area (Å²) in [6.45, 7) is 2.31. The third-order valence-electron chi connectivity index (χ3n) is 10.8. The zero-order valence-electron chi connectivity index (χ0n) is 32.9. The molecule has 312 valence electrons. The molecule has 2 aliphatic rings. The van der Waals surface area contributed by atoms with Crippen LogP contribution in [0.4, 0.5) is 5.82 Å². The van der Waals surface area contributed by atoms with Crippen LogP contribution in [0.15, 0.2) is 36.8 Å². The first-order chi connectivity index (χ1) is 27.6. The van der Waals surface area contributed by atoms with Crippen LogP contribution in [0.2, 0.25) is 0 Å². The number of aliphatic hydroxyl groups excluding tert-OH is 1. The molecule has 16 nitrogen and oxygen atoms in total. The average Bonchev–Trinajstić information content (AvgIpc) is 3.44. The SMILES string of the molecule is CCCCCCCCCCCCCCCCCCOCC(COP(=O)(O)OC1[C@@]2(C#N)O[C@@H](c3ccc4c(N)ncnn34)[C@H](O)[C@@]12O)OCc1ccc(C#N)cn1. The summed E-state index contributed by atoms with van der Waals surface area (Å²) < 4.78 is 42.8. The van der Waals surface area contributed by atoms with Crippen molar-refractivity contribution >= 4 is 19.2 Å². The largest absolute Gasteiger partial charge is 0.472 e. The monoisotopic (exact) mass is 811 g/mol. The van der Waals surface area contributed by atoms with Crippen molar-refractivity contribution in [2.24, 2.45) is 0 Å². The van der Waals surface area contributed by atoms with Crippen molar-refractivity contribution in [2.45, 2.75) is 152 Å². The molecule has 3 aromatic heterocycles. The predicted octanol–water partition coefficient (Wildman–Crippen LogP) is 6.38. The fourth-order valence-corrected chi connectivity index (χ4v) is 8.41. The summed E-state index contributed by atoms with van der Waals surface area (Å²) >= 11 is 0. The van der Waals surface area contributed by atoms with E-state index >= 15 is 0 Å². The van der Waals surface area contributed by atoms with E-state index in [1.54, 1.807) is 24.3 Å². The van der Waals surface area contributed by atoms with Gasteiger partial charge in [0, 0.05) is 12.8 Å². The number of nitriles is 2. The Balaban J connectivity index is 1.04. The lowest BCUT2D eigenvalue weighted by Gasteiger charge is -2.24. The van der Waals surface area contributed by atoms with Crippen LogP contribution >= 0.6 is 7.82 Å². The normalized spacial score (nSPS) is 24.1. The molecule has 5 N–H and O–H groups in total. The highest BCUT2D eigenvalue weighted by molar-refractivity contribution is 7.47. The van der Waals surface area contributed by atoms with Crippen LogP contribution in [-0.4, -0.2) is 84.0 Å². The van der Waals surface area contributed by atoms with E-state index in [2.05, 4.69) is 22.0 Å². The number of rotatable bonds is 28. The van der Waals surface area contributed by atoms with Crippen LogP contribution in [0, 0.1) is 22.7 Å². The van der Waals surface area contributed by atoms with E-state index < -0.39 is 50.0 Å². The standard InChI is InChI=1S/C40H58N7O9P/c1-2-3-4-5-6-7-8-9-10-11-12-13-14-15-16-17-22-52-26-32(53-25-31-19-18-30(23-41)24-44-31)27-54-57(50,51)56-38-39(28-42)40(38,49)36(48)35(55-39)33-20-21-34-37(43)45-29-46-47(33)34/h18-21,24,29,32,35-36,38,48-49H,2-17,22,25-27H2,1H3,(H,50,51)(H2,43,45,46)/t32?,35-,36-,38?,39+,40+/m0/s1. The van der Waals surface area contributed by atoms with Gasteiger partial charge in [-0.3, -0.25) is 14.0 Å². The topological polar surface area (TPSA) is 241 Å².